The molecule has 1 aromatic carbocycles. The van der Waals surface area contributed by atoms with Gasteiger partial charge >= 0.3 is 0 Å². The summed E-state index contributed by atoms with van der Waals surface area (Å²) in [6.45, 7) is 2.49. The Hall–Kier alpha value is -1.40. The van der Waals surface area contributed by atoms with Gasteiger partial charge < -0.3 is 15.5 Å². The molecule has 114 valence electrons. The van der Waals surface area contributed by atoms with Crippen molar-refractivity contribution in [3.63, 3.8) is 0 Å². The van der Waals surface area contributed by atoms with Crippen molar-refractivity contribution in [2.24, 2.45) is 0 Å². The number of nitrogens with zero attached hydrogens (tertiary/aromatic N) is 1. The van der Waals surface area contributed by atoms with Crippen molar-refractivity contribution in [1.29, 1.82) is 0 Å². The van der Waals surface area contributed by atoms with Crippen molar-refractivity contribution in [2.45, 2.75) is 19.3 Å². The van der Waals surface area contributed by atoms with Crippen LogP contribution in [0.2, 0.25) is 0 Å². The Labute approximate surface area is 133 Å². The SMILES string of the molecule is O=C(CNCCC(=O)N1CCCC1)Nc1cccc(Br)c1. The molecule has 21 heavy (non-hydrogen) atoms. The monoisotopic (exact) mass is 353 g/mol. The zero-order valence-corrected chi connectivity index (χ0v) is 13.5. The van der Waals surface area contributed by atoms with Crippen molar-refractivity contribution in [1.82, 2.24) is 10.2 Å². The van der Waals surface area contributed by atoms with E-state index in [0.717, 1.165) is 36.1 Å². The molecule has 5 nitrogen and oxygen atoms in total. The molecule has 1 aliphatic heterocycles. The van der Waals surface area contributed by atoms with Gasteiger partial charge in [-0.15, -0.1) is 0 Å². The summed E-state index contributed by atoms with van der Waals surface area (Å²) in [7, 11) is 0. The number of likely N-dealkylation sites (tertiary alicyclic amines) is 1. The molecule has 0 saturated carbocycles. The van der Waals surface area contributed by atoms with Gasteiger partial charge in [0.1, 0.15) is 0 Å². The fourth-order valence-corrected chi connectivity index (χ4v) is 2.69. The standard InChI is InChI=1S/C15H20BrN3O2/c16-12-4-3-5-13(10-12)18-14(20)11-17-7-6-15(21)19-8-1-2-9-19/h3-5,10,17H,1-2,6-9,11H2,(H,18,20). The second-order valence-corrected chi connectivity index (χ2v) is 5.99. The smallest absolute Gasteiger partial charge is 0.238 e. The summed E-state index contributed by atoms with van der Waals surface area (Å²) in [5, 5.41) is 5.80. The summed E-state index contributed by atoms with van der Waals surface area (Å²) in [6.07, 6.45) is 2.66. The lowest BCUT2D eigenvalue weighted by Crippen LogP contribution is -2.33. The quantitative estimate of drug-likeness (QED) is 0.768. The van der Waals surface area contributed by atoms with E-state index in [1.54, 1.807) is 0 Å². The van der Waals surface area contributed by atoms with Gasteiger partial charge in [-0.3, -0.25) is 9.59 Å². The zero-order valence-electron chi connectivity index (χ0n) is 11.9. The molecule has 6 heteroatoms. The molecule has 0 atom stereocenters. The number of carbonyl (C=O) groups is 2. The van der Waals surface area contributed by atoms with Crippen LogP contribution in [-0.4, -0.2) is 42.9 Å². The lowest BCUT2D eigenvalue weighted by atomic mass is 10.3. The number of carbonyl (C=O) groups excluding carboxylic acids is 2. The van der Waals surface area contributed by atoms with Gasteiger partial charge in [-0.1, -0.05) is 22.0 Å². The minimum Gasteiger partial charge on any atom is -0.343 e. The summed E-state index contributed by atoms with van der Waals surface area (Å²) >= 11 is 3.35. The van der Waals surface area contributed by atoms with Gasteiger partial charge in [-0.2, -0.15) is 0 Å². The number of halogens is 1. The highest BCUT2D eigenvalue weighted by atomic mass is 79.9. The van der Waals surface area contributed by atoms with Crippen molar-refractivity contribution in [3.8, 4) is 0 Å². The molecule has 1 fully saturated rings. The number of hydrogen-bond donors (Lipinski definition) is 2. The molecule has 1 aromatic rings. The molecule has 1 saturated heterocycles. The minimum atomic E-state index is -0.110. The van der Waals surface area contributed by atoms with E-state index in [9.17, 15) is 9.59 Å². The molecule has 0 aromatic heterocycles. The Morgan fingerprint density at radius 1 is 1.24 bits per heavy atom. The van der Waals surface area contributed by atoms with Crippen LogP contribution in [-0.2, 0) is 9.59 Å². The fourth-order valence-electron chi connectivity index (χ4n) is 2.29. The second kappa shape index (κ2) is 8.14. The van der Waals surface area contributed by atoms with Gasteiger partial charge in [0.25, 0.3) is 0 Å². The van der Waals surface area contributed by atoms with Crippen LogP contribution in [0.15, 0.2) is 28.7 Å². The Balaban J connectivity index is 1.62. The van der Waals surface area contributed by atoms with Crippen LogP contribution in [0.1, 0.15) is 19.3 Å². The normalized spacial score (nSPS) is 14.2. The van der Waals surface area contributed by atoms with Crippen LogP contribution >= 0.6 is 15.9 Å². The van der Waals surface area contributed by atoms with Crippen molar-refractivity contribution in [2.75, 3.05) is 31.5 Å². The molecular weight excluding hydrogens is 334 g/mol. The lowest BCUT2D eigenvalue weighted by molar-refractivity contribution is -0.130. The number of benzene rings is 1. The highest BCUT2D eigenvalue weighted by Crippen LogP contribution is 2.15. The molecule has 0 bridgehead atoms. The Bertz CT molecular complexity index is 501. The molecular formula is C15H20BrN3O2. The third-order valence-corrected chi connectivity index (χ3v) is 3.86. The molecule has 0 unspecified atom stereocenters. The lowest BCUT2D eigenvalue weighted by Gasteiger charge is -2.15. The van der Waals surface area contributed by atoms with Crippen LogP contribution in [0.5, 0.6) is 0 Å². The van der Waals surface area contributed by atoms with Gasteiger partial charge in [0, 0.05) is 36.2 Å². The van der Waals surface area contributed by atoms with Gasteiger partial charge in [0.15, 0.2) is 0 Å². The maximum atomic E-state index is 11.8. The van der Waals surface area contributed by atoms with Crippen LogP contribution in [0.3, 0.4) is 0 Å². The van der Waals surface area contributed by atoms with Crippen LogP contribution < -0.4 is 10.6 Å². The number of anilines is 1. The third kappa shape index (κ3) is 5.47. The fraction of sp³-hybridized carbons (Fsp3) is 0.467. The first kappa shape index (κ1) is 16.0. The van der Waals surface area contributed by atoms with Gasteiger partial charge in [0.2, 0.25) is 11.8 Å². The maximum absolute atomic E-state index is 11.8. The van der Waals surface area contributed by atoms with Crippen LogP contribution in [0.4, 0.5) is 5.69 Å². The predicted molar refractivity (Wildman–Crippen MR) is 86.1 cm³/mol. The number of amides is 2. The molecule has 1 aliphatic rings. The topological polar surface area (TPSA) is 61.4 Å². The molecule has 0 spiro atoms. The predicted octanol–water partition coefficient (Wildman–Crippen LogP) is 1.99. The average molecular weight is 354 g/mol. The molecule has 2 amide bonds. The molecule has 1 heterocycles. The Kier molecular flexibility index (Phi) is 6.20. The van der Waals surface area contributed by atoms with Crippen LogP contribution in [0, 0.1) is 0 Å². The summed E-state index contributed by atoms with van der Waals surface area (Å²) in [5.41, 5.74) is 0.754. The van der Waals surface area contributed by atoms with Crippen molar-refractivity contribution in [3.05, 3.63) is 28.7 Å². The van der Waals surface area contributed by atoms with Crippen LogP contribution in [0.25, 0.3) is 0 Å². The van der Waals surface area contributed by atoms with Gasteiger partial charge in [0.05, 0.1) is 6.54 Å². The third-order valence-electron chi connectivity index (χ3n) is 3.37. The van der Waals surface area contributed by atoms with E-state index in [-0.39, 0.29) is 18.4 Å². The summed E-state index contributed by atoms with van der Waals surface area (Å²) < 4.78 is 0.921. The molecule has 0 radical (unpaired) electrons. The van der Waals surface area contributed by atoms with E-state index in [1.807, 2.05) is 29.2 Å². The number of nitrogens with one attached hydrogen (secondary N) is 2. The van der Waals surface area contributed by atoms with E-state index in [0.29, 0.717) is 13.0 Å². The van der Waals surface area contributed by atoms with E-state index in [4.69, 9.17) is 0 Å². The number of rotatable bonds is 6. The van der Waals surface area contributed by atoms with E-state index in [1.165, 1.54) is 0 Å². The summed E-state index contributed by atoms with van der Waals surface area (Å²) in [4.78, 5) is 25.4. The molecule has 2 rings (SSSR count). The first-order valence-electron chi connectivity index (χ1n) is 7.19. The van der Waals surface area contributed by atoms with E-state index >= 15 is 0 Å². The number of hydrogen-bond acceptors (Lipinski definition) is 3. The van der Waals surface area contributed by atoms with E-state index < -0.39 is 0 Å². The van der Waals surface area contributed by atoms with Gasteiger partial charge in [-0.25, -0.2) is 0 Å². The maximum Gasteiger partial charge on any atom is 0.238 e. The van der Waals surface area contributed by atoms with Gasteiger partial charge in [-0.05, 0) is 31.0 Å². The van der Waals surface area contributed by atoms with Crippen molar-refractivity contribution >= 4 is 33.4 Å². The first-order chi connectivity index (χ1) is 10.1. The Morgan fingerprint density at radius 3 is 2.71 bits per heavy atom. The highest BCUT2D eigenvalue weighted by Gasteiger charge is 2.16. The first-order valence-corrected chi connectivity index (χ1v) is 7.98. The summed E-state index contributed by atoms with van der Waals surface area (Å²) in [5.74, 6) is 0.0640. The zero-order chi connectivity index (χ0) is 15.1. The Morgan fingerprint density at radius 2 is 2.00 bits per heavy atom. The molecule has 0 aliphatic carbocycles. The van der Waals surface area contributed by atoms with Crippen molar-refractivity contribution < 1.29 is 9.59 Å². The average Bonchev–Trinajstić information content (AvgIpc) is 2.97. The minimum absolute atomic E-state index is 0.110. The highest BCUT2D eigenvalue weighted by molar-refractivity contribution is 9.10. The second-order valence-electron chi connectivity index (χ2n) is 5.07. The molecule has 2 N–H and O–H groups in total. The van der Waals surface area contributed by atoms with E-state index in [2.05, 4.69) is 26.6 Å². The summed E-state index contributed by atoms with van der Waals surface area (Å²) in [6, 6.07) is 7.44. The largest absolute Gasteiger partial charge is 0.343 e.